The number of hydrogen-bond acceptors (Lipinski definition) is 1. The van der Waals surface area contributed by atoms with Gasteiger partial charge in [-0.2, -0.15) is 0 Å². The average Bonchev–Trinajstić information content (AvgIpc) is 2.03. The highest BCUT2D eigenvalue weighted by Crippen LogP contribution is 2.31. The van der Waals surface area contributed by atoms with Crippen LogP contribution in [-0.4, -0.2) is 10.7 Å². The molecule has 0 atom stereocenters. The highest BCUT2D eigenvalue weighted by molar-refractivity contribution is 4.99. The minimum absolute atomic E-state index is 0.366. The van der Waals surface area contributed by atoms with Gasteiger partial charge in [-0.15, -0.1) is 0 Å². The van der Waals surface area contributed by atoms with Crippen LogP contribution in [0, 0.1) is 0 Å². The van der Waals surface area contributed by atoms with Gasteiger partial charge in [-0.1, -0.05) is 30.9 Å². The first kappa shape index (κ1) is 9.79. The fourth-order valence-electron chi connectivity index (χ4n) is 1.81. The summed E-state index contributed by atoms with van der Waals surface area (Å²) >= 11 is 0. The van der Waals surface area contributed by atoms with Crippen molar-refractivity contribution < 1.29 is 5.11 Å². The molecule has 1 heteroatoms. The number of allylic oxidation sites excluding steroid dienone is 1. The molecule has 0 saturated heterocycles. The quantitative estimate of drug-likeness (QED) is 0.628. The summed E-state index contributed by atoms with van der Waals surface area (Å²) in [6, 6.07) is 0. The van der Waals surface area contributed by atoms with E-state index >= 15 is 0 Å². The first-order chi connectivity index (χ1) is 5.62. The maximum absolute atomic E-state index is 10.1. The van der Waals surface area contributed by atoms with E-state index < -0.39 is 0 Å². The van der Waals surface area contributed by atoms with Crippen molar-refractivity contribution in [2.24, 2.45) is 0 Å². The Morgan fingerprint density at radius 2 is 1.83 bits per heavy atom. The predicted molar refractivity (Wildman–Crippen MR) is 52.1 cm³/mol. The van der Waals surface area contributed by atoms with Crippen molar-refractivity contribution in [1.82, 2.24) is 0 Å². The molecule has 12 heavy (non-hydrogen) atoms. The zero-order valence-electron chi connectivity index (χ0n) is 8.27. The Morgan fingerprint density at radius 3 is 2.33 bits per heavy atom. The van der Waals surface area contributed by atoms with Crippen LogP contribution in [0.1, 0.15) is 52.4 Å². The third-order valence-corrected chi connectivity index (χ3v) is 2.67. The van der Waals surface area contributed by atoms with Crippen molar-refractivity contribution in [3.05, 3.63) is 11.6 Å². The second kappa shape index (κ2) is 4.08. The van der Waals surface area contributed by atoms with Crippen LogP contribution in [0.3, 0.4) is 0 Å². The smallest absolute Gasteiger partial charge is 0.0682 e. The molecule has 0 radical (unpaired) electrons. The highest BCUT2D eigenvalue weighted by atomic mass is 16.3. The molecule has 1 nitrogen and oxygen atoms in total. The monoisotopic (exact) mass is 168 g/mol. The molecule has 0 unspecified atom stereocenters. The summed E-state index contributed by atoms with van der Waals surface area (Å²) in [5.74, 6) is 0. The van der Waals surface area contributed by atoms with Gasteiger partial charge in [0.25, 0.3) is 0 Å². The molecule has 0 amide bonds. The van der Waals surface area contributed by atoms with Crippen LogP contribution in [0.15, 0.2) is 11.6 Å². The van der Waals surface area contributed by atoms with Gasteiger partial charge in [0.05, 0.1) is 5.60 Å². The van der Waals surface area contributed by atoms with Gasteiger partial charge in [0, 0.05) is 0 Å². The molecule has 70 valence electrons. The molecule has 0 spiro atoms. The van der Waals surface area contributed by atoms with Crippen LogP contribution >= 0.6 is 0 Å². The Bertz CT molecular complexity index is 160. The van der Waals surface area contributed by atoms with Gasteiger partial charge >= 0.3 is 0 Å². The first-order valence-electron chi connectivity index (χ1n) is 4.98. The van der Waals surface area contributed by atoms with E-state index in [1.54, 1.807) is 0 Å². The molecule has 0 aromatic heterocycles. The minimum atomic E-state index is -0.366. The Kier molecular flexibility index (Phi) is 3.33. The van der Waals surface area contributed by atoms with E-state index in [1.807, 2.05) is 0 Å². The molecule has 1 aliphatic rings. The molecule has 0 aliphatic heterocycles. The lowest BCUT2D eigenvalue weighted by molar-refractivity contribution is 0.00679. The molecular formula is C11H20O. The summed E-state index contributed by atoms with van der Waals surface area (Å²) in [6.45, 7) is 4.18. The predicted octanol–water partition coefficient (Wildman–Crippen LogP) is 3.04. The zero-order valence-corrected chi connectivity index (χ0v) is 8.27. The van der Waals surface area contributed by atoms with E-state index in [0.29, 0.717) is 0 Å². The molecule has 1 fully saturated rings. The standard InChI is InChI=1S/C11H20O/c1-10(2)6-9-11(12)7-4-3-5-8-11/h6,12H,3-5,7-9H2,1-2H3. The number of hydrogen-bond donors (Lipinski definition) is 1. The number of rotatable bonds is 2. The number of aliphatic hydroxyl groups is 1. The van der Waals surface area contributed by atoms with E-state index in [9.17, 15) is 5.11 Å². The fraction of sp³-hybridized carbons (Fsp3) is 0.818. The van der Waals surface area contributed by atoms with Crippen molar-refractivity contribution in [2.75, 3.05) is 0 Å². The van der Waals surface area contributed by atoms with Gasteiger partial charge in [-0.3, -0.25) is 0 Å². The van der Waals surface area contributed by atoms with E-state index in [2.05, 4.69) is 19.9 Å². The molecular weight excluding hydrogens is 148 g/mol. The van der Waals surface area contributed by atoms with Crippen LogP contribution < -0.4 is 0 Å². The van der Waals surface area contributed by atoms with Gasteiger partial charge < -0.3 is 5.11 Å². The van der Waals surface area contributed by atoms with Gasteiger partial charge in [0.2, 0.25) is 0 Å². The molecule has 0 heterocycles. The highest BCUT2D eigenvalue weighted by Gasteiger charge is 2.27. The Labute approximate surface area is 75.5 Å². The van der Waals surface area contributed by atoms with Gasteiger partial charge in [-0.25, -0.2) is 0 Å². The molecule has 1 aliphatic carbocycles. The average molecular weight is 168 g/mol. The normalized spacial score (nSPS) is 21.9. The zero-order chi connectivity index (χ0) is 9.03. The van der Waals surface area contributed by atoms with E-state index in [-0.39, 0.29) is 5.60 Å². The maximum atomic E-state index is 10.1. The minimum Gasteiger partial charge on any atom is -0.390 e. The van der Waals surface area contributed by atoms with E-state index in [1.165, 1.54) is 24.8 Å². The Morgan fingerprint density at radius 1 is 1.25 bits per heavy atom. The van der Waals surface area contributed by atoms with Crippen molar-refractivity contribution in [1.29, 1.82) is 0 Å². The lowest BCUT2D eigenvalue weighted by atomic mass is 9.82. The molecule has 1 N–H and O–H groups in total. The largest absolute Gasteiger partial charge is 0.390 e. The fourth-order valence-corrected chi connectivity index (χ4v) is 1.81. The third-order valence-electron chi connectivity index (χ3n) is 2.67. The van der Waals surface area contributed by atoms with Crippen LogP contribution in [0.4, 0.5) is 0 Å². The topological polar surface area (TPSA) is 20.2 Å². The summed E-state index contributed by atoms with van der Waals surface area (Å²) < 4.78 is 0. The van der Waals surface area contributed by atoms with E-state index in [4.69, 9.17) is 0 Å². The Hall–Kier alpha value is -0.300. The lowest BCUT2D eigenvalue weighted by Gasteiger charge is -2.31. The van der Waals surface area contributed by atoms with Gasteiger partial charge in [-0.05, 0) is 33.1 Å². The summed E-state index contributed by atoms with van der Waals surface area (Å²) in [7, 11) is 0. The van der Waals surface area contributed by atoms with Crippen LogP contribution in [0.25, 0.3) is 0 Å². The van der Waals surface area contributed by atoms with E-state index in [0.717, 1.165) is 19.3 Å². The second-order valence-corrected chi connectivity index (χ2v) is 4.27. The van der Waals surface area contributed by atoms with Crippen molar-refractivity contribution in [3.63, 3.8) is 0 Å². The third kappa shape index (κ3) is 2.98. The second-order valence-electron chi connectivity index (χ2n) is 4.27. The first-order valence-corrected chi connectivity index (χ1v) is 4.98. The summed E-state index contributed by atoms with van der Waals surface area (Å²) in [5, 5.41) is 10.1. The van der Waals surface area contributed by atoms with Crippen LogP contribution in [0.2, 0.25) is 0 Å². The SMILES string of the molecule is CC(C)=CCC1(O)CCCCC1. The molecule has 1 saturated carbocycles. The van der Waals surface area contributed by atoms with Crippen molar-refractivity contribution in [2.45, 2.75) is 58.0 Å². The molecule has 1 rings (SSSR count). The maximum Gasteiger partial charge on any atom is 0.0682 e. The van der Waals surface area contributed by atoms with Crippen LogP contribution in [-0.2, 0) is 0 Å². The summed E-state index contributed by atoms with van der Waals surface area (Å²) in [6.07, 6.45) is 8.71. The van der Waals surface area contributed by atoms with Crippen molar-refractivity contribution in [3.8, 4) is 0 Å². The van der Waals surface area contributed by atoms with Gasteiger partial charge in [0.15, 0.2) is 0 Å². The summed E-state index contributed by atoms with van der Waals surface area (Å²) in [5.41, 5.74) is 0.948. The Balaban J connectivity index is 2.41. The lowest BCUT2D eigenvalue weighted by Crippen LogP contribution is -2.30. The summed E-state index contributed by atoms with van der Waals surface area (Å²) in [4.78, 5) is 0. The molecule has 0 aromatic rings. The molecule has 0 aromatic carbocycles. The van der Waals surface area contributed by atoms with Gasteiger partial charge in [0.1, 0.15) is 0 Å². The van der Waals surface area contributed by atoms with Crippen LogP contribution in [0.5, 0.6) is 0 Å². The van der Waals surface area contributed by atoms with Crippen molar-refractivity contribution >= 4 is 0 Å². The molecule has 0 bridgehead atoms.